The van der Waals surface area contributed by atoms with Crippen molar-refractivity contribution >= 4 is 17.4 Å². The lowest BCUT2D eigenvalue weighted by atomic mass is 9.47. The molecular formula is C23H28N6O. The first-order chi connectivity index (χ1) is 14.3. The predicted molar refractivity (Wildman–Crippen MR) is 115 cm³/mol. The number of anilines is 1. The van der Waals surface area contributed by atoms with E-state index in [0.29, 0.717) is 18.2 Å². The van der Waals surface area contributed by atoms with Crippen LogP contribution in [0, 0.1) is 30.6 Å². The number of aromatic nitrogens is 4. The molecule has 5 rings (SSSR count). The number of rotatable bonds is 4. The fraction of sp³-hybridized carbons (Fsp3) is 0.478. The van der Waals surface area contributed by atoms with Crippen LogP contribution in [0.4, 0.5) is 5.69 Å². The van der Waals surface area contributed by atoms with Crippen LogP contribution in [0.5, 0.6) is 0 Å². The van der Waals surface area contributed by atoms with Crippen molar-refractivity contribution in [2.24, 2.45) is 16.7 Å². The highest BCUT2D eigenvalue weighted by Gasteiger charge is 2.66. The molecule has 1 aliphatic heterocycles. The Morgan fingerprint density at radius 1 is 1.23 bits per heavy atom. The summed E-state index contributed by atoms with van der Waals surface area (Å²) < 4.78 is 1.88. The van der Waals surface area contributed by atoms with Gasteiger partial charge in [0, 0.05) is 48.8 Å². The summed E-state index contributed by atoms with van der Waals surface area (Å²) in [5, 5.41) is 3.18. The van der Waals surface area contributed by atoms with Gasteiger partial charge in [0.2, 0.25) is 11.7 Å². The maximum Gasteiger partial charge on any atom is 0.233 e. The molecule has 0 aromatic carbocycles. The zero-order valence-corrected chi connectivity index (χ0v) is 18.0. The van der Waals surface area contributed by atoms with Crippen molar-refractivity contribution in [1.82, 2.24) is 24.7 Å². The Morgan fingerprint density at radius 2 is 2.00 bits per heavy atom. The quantitative estimate of drug-likeness (QED) is 0.724. The van der Waals surface area contributed by atoms with E-state index >= 15 is 0 Å². The molecule has 1 amide bonds. The Bertz CT molecular complexity index is 1080. The molecule has 1 saturated heterocycles. The number of aryl methyl sites for hydroxylation is 2. The van der Waals surface area contributed by atoms with E-state index in [0.717, 1.165) is 36.6 Å². The highest BCUT2D eigenvalue weighted by Crippen LogP contribution is 2.63. The van der Waals surface area contributed by atoms with Gasteiger partial charge in [-0.25, -0.2) is 9.97 Å². The number of imidazole rings is 1. The minimum atomic E-state index is -0.341. The minimum absolute atomic E-state index is 0.141. The second kappa shape index (κ2) is 6.52. The molecule has 1 N–H and O–H groups in total. The molecule has 2 atom stereocenters. The van der Waals surface area contributed by atoms with Gasteiger partial charge >= 0.3 is 0 Å². The molecule has 30 heavy (non-hydrogen) atoms. The van der Waals surface area contributed by atoms with E-state index in [2.05, 4.69) is 51.1 Å². The summed E-state index contributed by atoms with van der Waals surface area (Å²) in [7, 11) is 0. The van der Waals surface area contributed by atoms with Gasteiger partial charge in [0.05, 0.1) is 17.7 Å². The molecule has 7 heteroatoms. The van der Waals surface area contributed by atoms with Crippen molar-refractivity contribution in [1.29, 1.82) is 0 Å². The molecular weight excluding hydrogens is 376 g/mol. The minimum Gasteiger partial charge on any atom is -0.370 e. The average molecular weight is 405 g/mol. The van der Waals surface area contributed by atoms with Crippen LogP contribution >= 0.6 is 0 Å². The van der Waals surface area contributed by atoms with Crippen LogP contribution in [0.1, 0.15) is 37.4 Å². The third-order valence-corrected chi connectivity index (χ3v) is 6.86. The smallest absolute Gasteiger partial charge is 0.233 e. The third-order valence-electron chi connectivity index (χ3n) is 6.86. The van der Waals surface area contributed by atoms with Gasteiger partial charge in [0.15, 0.2) is 0 Å². The summed E-state index contributed by atoms with van der Waals surface area (Å²) in [6.45, 7) is 10.7. The van der Waals surface area contributed by atoms with Crippen LogP contribution in [0.15, 0.2) is 36.8 Å². The summed E-state index contributed by atoms with van der Waals surface area (Å²) >= 11 is 0. The number of hydrogen-bond donors (Lipinski definition) is 1. The number of hydrogen-bond acceptors (Lipinski definition) is 5. The van der Waals surface area contributed by atoms with Gasteiger partial charge in [0.1, 0.15) is 0 Å². The highest BCUT2D eigenvalue weighted by atomic mass is 16.2. The number of pyridine rings is 1. The number of amides is 1. The molecule has 0 bridgehead atoms. The Hall–Kier alpha value is -2.96. The molecule has 0 radical (unpaired) electrons. The molecule has 3 aromatic heterocycles. The van der Waals surface area contributed by atoms with E-state index in [9.17, 15) is 4.79 Å². The van der Waals surface area contributed by atoms with Crippen molar-refractivity contribution in [2.75, 3.05) is 18.0 Å². The van der Waals surface area contributed by atoms with Crippen molar-refractivity contribution < 1.29 is 4.79 Å². The summed E-state index contributed by atoms with van der Waals surface area (Å²) in [5.41, 5.74) is 3.85. The fourth-order valence-electron chi connectivity index (χ4n) is 5.70. The molecule has 1 saturated carbocycles. The van der Waals surface area contributed by atoms with Gasteiger partial charge in [-0.05, 0) is 49.8 Å². The Morgan fingerprint density at radius 3 is 2.70 bits per heavy atom. The molecule has 2 fully saturated rings. The summed E-state index contributed by atoms with van der Waals surface area (Å²) in [6, 6.07) is 6.12. The largest absolute Gasteiger partial charge is 0.370 e. The Kier molecular flexibility index (Phi) is 4.14. The van der Waals surface area contributed by atoms with Crippen LogP contribution in [0.25, 0.3) is 5.78 Å². The van der Waals surface area contributed by atoms with Gasteiger partial charge in [-0.15, -0.1) is 0 Å². The zero-order chi connectivity index (χ0) is 21.1. The average Bonchev–Trinajstić information content (AvgIpc) is 3.25. The van der Waals surface area contributed by atoms with Crippen molar-refractivity contribution in [3.8, 4) is 0 Å². The maximum atomic E-state index is 13.4. The van der Waals surface area contributed by atoms with Gasteiger partial charge in [-0.3, -0.25) is 14.2 Å². The third kappa shape index (κ3) is 2.95. The second-order valence-electron chi connectivity index (χ2n) is 9.60. The maximum absolute atomic E-state index is 13.4. The van der Waals surface area contributed by atoms with E-state index in [1.54, 1.807) is 6.20 Å². The fourth-order valence-corrected chi connectivity index (χ4v) is 5.70. The lowest BCUT2D eigenvalue weighted by molar-refractivity contribution is -0.152. The molecule has 0 spiro atoms. The molecule has 1 aliphatic carbocycles. The first-order valence-electron chi connectivity index (χ1n) is 10.5. The number of nitrogens with one attached hydrogen (secondary N) is 1. The van der Waals surface area contributed by atoms with Gasteiger partial charge in [-0.1, -0.05) is 13.8 Å². The summed E-state index contributed by atoms with van der Waals surface area (Å²) in [6.07, 6.45) is 6.46. The van der Waals surface area contributed by atoms with E-state index in [1.165, 1.54) is 5.69 Å². The molecule has 0 unspecified atom stereocenters. The molecule has 3 aromatic rings. The molecule has 2 aliphatic rings. The number of carbonyl (C=O) groups excluding carboxylic acids is 1. The number of fused-ring (bicyclic) bond motifs is 2. The van der Waals surface area contributed by atoms with E-state index < -0.39 is 0 Å². The van der Waals surface area contributed by atoms with Crippen LogP contribution in [0.2, 0.25) is 0 Å². The van der Waals surface area contributed by atoms with Crippen LogP contribution in [-0.2, 0) is 11.3 Å². The molecule has 156 valence electrons. The van der Waals surface area contributed by atoms with Crippen LogP contribution in [-0.4, -0.2) is 38.3 Å². The predicted octanol–water partition coefficient (Wildman–Crippen LogP) is 2.91. The van der Waals surface area contributed by atoms with E-state index in [1.807, 2.05) is 36.7 Å². The first-order valence-corrected chi connectivity index (χ1v) is 10.5. The normalized spacial score (nSPS) is 24.5. The molecule has 7 nitrogen and oxygen atoms in total. The topological polar surface area (TPSA) is 75.4 Å². The van der Waals surface area contributed by atoms with E-state index in [-0.39, 0.29) is 16.7 Å². The van der Waals surface area contributed by atoms with Crippen molar-refractivity contribution in [3.63, 3.8) is 0 Å². The van der Waals surface area contributed by atoms with E-state index in [4.69, 9.17) is 0 Å². The first kappa shape index (κ1) is 19.0. The summed E-state index contributed by atoms with van der Waals surface area (Å²) in [4.78, 5) is 29.0. The lowest BCUT2D eigenvalue weighted by Gasteiger charge is -2.55. The van der Waals surface area contributed by atoms with Crippen LogP contribution in [0.3, 0.4) is 0 Å². The second-order valence-corrected chi connectivity index (χ2v) is 9.60. The van der Waals surface area contributed by atoms with Gasteiger partial charge in [0.25, 0.3) is 0 Å². The van der Waals surface area contributed by atoms with Gasteiger partial charge in [-0.2, -0.15) is 0 Å². The highest BCUT2D eigenvalue weighted by molar-refractivity contribution is 5.86. The molecule has 4 heterocycles. The van der Waals surface area contributed by atoms with Crippen molar-refractivity contribution in [2.45, 2.75) is 40.7 Å². The van der Waals surface area contributed by atoms with Crippen molar-refractivity contribution in [3.05, 3.63) is 53.9 Å². The SMILES string of the molecule is Cc1cc(N2C[C@@H]3C(C)(C)C[C@]3(C(=O)NCc3cn4cccnc4n3)C2)cc(C)n1. The standard InChI is InChI=1S/C23H28N6O/c1-15-8-18(9-16(2)26-15)29-12-19-22(3,4)13-23(19,14-29)20(30)25-10-17-11-28-7-5-6-24-21(28)27-17/h5-9,11,19H,10,12-14H2,1-4H3,(H,25,30)/t19-,23+/m1/s1. The lowest BCUT2D eigenvalue weighted by Crippen LogP contribution is -2.60. The number of nitrogens with zero attached hydrogens (tertiary/aromatic N) is 5. The number of carbonyl (C=O) groups is 1. The van der Waals surface area contributed by atoms with Crippen LogP contribution < -0.4 is 10.2 Å². The monoisotopic (exact) mass is 404 g/mol. The zero-order valence-electron chi connectivity index (χ0n) is 18.0. The Balaban J connectivity index is 1.35. The summed E-state index contributed by atoms with van der Waals surface area (Å²) in [5.74, 6) is 1.13. The van der Waals surface area contributed by atoms with Gasteiger partial charge < -0.3 is 10.2 Å². The Labute approximate surface area is 176 Å².